The zero-order chi connectivity index (χ0) is 29.4. The third-order valence-electron chi connectivity index (χ3n) is 6.85. The maximum atomic E-state index is 14.5. The molecule has 1 saturated heterocycles. The van der Waals surface area contributed by atoms with Crippen LogP contribution in [-0.4, -0.2) is 81.7 Å². The third kappa shape index (κ3) is 7.63. The maximum Gasteiger partial charge on any atom is 0.323 e. The number of anilines is 2. The standard InChI is InChI=1S/C21H20F2N4O6.C6H15N/c22-13-9-16(14(23)8-15(13)25-18(29)21(3-4-21)19(30)31)33-12-1-5-24-17(7-12)26-20(32)27-6-2-11(28)10-27;1-4-7(5-2)6-3/h1,5,7-9,11,28H,2-4,6,10H2,(H,25,29)(H,30,31)(H,24,26,32);4-6H2,1-3H3/t11-;/m1./s1. The van der Waals surface area contributed by atoms with Gasteiger partial charge >= 0.3 is 12.0 Å². The van der Waals surface area contributed by atoms with Gasteiger partial charge in [0.15, 0.2) is 17.4 Å². The first-order valence-electron chi connectivity index (χ1n) is 13.2. The Labute approximate surface area is 231 Å². The van der Waals surface area contributed by atoms with Crippen LogP contribution in [0, 0.1) is 17.0 Å². The number of aromatic nitrogens is 1. The van der Waals surface area contributed by atoms with Crippen molar-refractivity contribution in [3.8, 4) is 11.5 Å². The predicted molar refractivity (Wildman–Crippen MR) is 143 cm³/mol. The topological polar surface area (TPSA) is 144 Å². The number of carbonyl (C=O) groups excluding carboxylic acids is 2. The molecule has 4 rings (SSSR count). The number of β-amino-alcohol motifs (C(OH)–C–C–N with tert-alkyl or cyclic N) is 1. The van der Waals surface area contributed by atoms with E-state index in [1.165, 1.54) is 42.9 Å². The van der Waals surface area contributed by atoms with Gasteiger partial charge in [-0.1, -0.05) is 20.8 Å². The van der Waals surface area contributed by atoms with Crippen LogP contribution < -0.4 is 15.4 Å². The fraction of sp³-hybridized carbons (Fsp3) is 0.481. The number of amides is 3. The fourth-order valence-electron chi connectivity index (χ4n) is 4.06. The number of likely N-dealkylation sites (tertiary alicyclic amines) is 1. The highest BCUT2D eigenvalue weighted by Crippen LogP contribution is 2.47. The molecule has 0 radical (unpaired) electrons. The number of ether oxygens (including phenoxy) is 1. The Morgan fingerprint density at radius 3 is 2.30 bits per heavy atom. The zero-order valence-electron chi connectivity index (χ0n) is 22.7. The average molecular weight is 564 g/mol. The number of carbonyl (C=O) groups is 3. The number of pyridine rings is 1. The first-order valence-corrected chi connectivity index (χ1v) is 13.2. The Morgan fingerprint density at radius 2 is 1.77 bits per heavy atom. The van der Waals surface area contributed by atoms with E-state index in [1.54, 1.807) is 0 Å². The van der Waals surface area contributed by atoms with Crippen molar-refractivity contribution in [2.24, 2.45) is 5.41 Å². The molecule has 2 heterocycles. The van der Waals surface area contributed by atoms with Crippen LogP contribution in [0.1, 0.15) is 40.0 Å². The molecular formula is C27H35F2N5O6. The summed E-state index contributed by atoms with van der Waals surface area (Å²) in [4.78, 5) is 43.3. The number of aliphatic hydroxyl groups excluding tert-OH is 1. The molecule has 1 atom stereocenters. The number of nitrogens with one attached hydrogen (secondary N) is 2. The van der Waals surface area contributed by atoms with E-state index in [2.05, 4.69) is 41.3 Å². The highest BCUT2D eigenvalue weighted by Gasteiger charge is 2.57. The minimum atomic E-state index is -1.61. The first-order chi connectivity index (χ1) is 19.0. The number of aliphatic hydroxyl groups is 1. The van der Waals surface area contributed by atoms with Crippen molar-refractivity contribution in [1.29, 1.82) is 0 Å². The van der Waals surface area contributed by atoms with Crippen molar-refractivity contribution in [1.82, 2.24) is 14.8 Å². The number of carboxylic acids is 1. The largest absolute Gasteiger partial charge is 0.480 e. The lowest BCUT2D eigenvalue weighted by Gasteiger charge is -2.16. The van der Waals surface area contributed by atoms with E-state index in [-0.39, 0.29) is 31.0 Å². The molecule has 0 unspecified atom stereocenters. The summed E-state index contributed by atoms with van der Waals surface area (Å²) in [6.07, 6.45) is 1.44. The zero-order valence-corrected chi connectivity index (χ0v) is 22.7. The van der Waals surface area contributed by atoms with E-state index in [0.717, 1.165) is 6.07 Å². The van der Waals surface area contributed by atoms with E-state index >= 15 is 0 Å². The molecule has 1 aromatic heterocycles. The molecule has 2 aromatic rings. The SMILES string of the molecule is CCN(CC)CC.O=C(Nc1cc(Oc2cc(F)c(NC(=O)C3(C(=O)O)CC3)cc2F)ccn1)N1CC[C@@H](O)C1. The monoisotopic (exact) mass is 563 g/mol. The van der Waals surface area contributed by atoms with Gasteiger partial charge in [-0.3, -0.25) is 14.9 Å². The number of halogens is 2. The normalized spacial score (nSPS) is 17.1. The minimum Gasteiger partial charge on any atom is -0.480 e. The summed E-state index contributed by atoms with van der Waals surface area (Å²) in [6.45, 7) is 10.7. The van der Waals surface area contributed by atoms with Gasteiger partial charge in [-0.2, -0.15) is 0 Å². The Balaban J connectivity index is 0.000000559. The quantitative estimate of drug-likeness (QED) is 0.336. The van der Waals surface area contributed by atoms with Crippen molar-refractivity contribution in [2.75, 3.05) is 43.4 Å². The van der Waals surface area contributed by atoms with Crippen LogP contribution >= 0.6 is 0 Å². The molecule has 1 saturated carbocycles. The summed E-state index contributed by atoms with van der Waals surface area (Å²) in [5.41, 5.74) is -2.11. The van der Waals surface area contributed by atoms with Crippen molar-refractivity contribution < 1.29 is 38.1 Å². The Morgan fingerprint density at radius 1 is 1.10 bits per heavy atom. The number of carboxylic acid groups (broad SMARTS) is 1. The van der Waals surface area contributed by atoms with E-state index in [0.29, 0.717) is 19.0 Å². The lowest BCUT2D eigenvalue weighted by Crippen LogP contribution is -2.33. The number of aliphatic carboxylic acids is 1. The van der Waals surface area contributed by atoms with Gasteiger partial charge in [-0.25, -0.2) is 18.6 Å². The number of hydrogen-bond donors (Lipinski definition) is 4. The van der Waals surface area contributed by atoms with Gasteiger partial charge in [0.1, 0.15) is 17.0 Å². The van der Waals surface area contributed by atoms with Crippen molar-refractivity contribution >= 4 is 29.4 Å². The number of rotatable bonds is 9. The van der Waals surface area contributed by atoms with E-state index in [4.69, 9.17) is 9.84 Å². The van der Waals surface area contributed by atoms with Gasteiger partial charge in [-0.05, 0) is 45.0 Å². The highest BCUT2D eigenvalue weighted by molar-refractivity contribution is 6.10. The third-order valence-corrected chi connectivity index (χ3v) is 6.85. The highest BCUT2D eigenvalue weighted by atomic mass is 19.1. The molecule has 1 aromatic carbocycles. The number of hydrogen-bond acceptors (Lipinski definition) is 7. The Bertz CT molecular complexity index is 1220. The van der Waals surface area contributed by atoms with Crippen LogP contribution in [0.25, 0.3) is 0 Å². The first kappa shape index (κ1) is 30.7. The lowest BCUT2D eigenvalue weighted by atomic mass is 10.1. The Kier molecular flexibility index (Phi) is 10.3. The van der Waals surface area contributed by atoms with Gasteiger partial charge < -0.3 is 30.1 Å². The minimum absolute atomic E-state index is 0.0552. The molecular weight excluding hydrogens is 528 g/mol. The molecule has 0 spiro atoms. The molecule has 3 amide bonds. The smallest absolute Gasteiger partial charge is 0.323 e. The van der Waals surface area contributed by atoms with Crippen molar-refractivity contribution in [3.63, 3.8) is 0 Å². The van der Waals surface area contributed by atoms with Crippen LogP contribution in [0.2, 0.25) is 0 Å². The summed E-state index contributed by atoms with van der Waals surface area (Å²) in [7, 11) is 0. The van der Waals surface area contributed by atoms with Gasteiger partial charge in [0.05, 0.1) is 11.8 Å². The number of nitrogens with zero attached hydrogens (tertiary/aromatic N) is 3. The molecule has 1 aliphatic carbocycles. The molecule has 0 bridgehead atoms. The second-order valence-electron chi connectivity index (χ2n) is 9.52. The molecule has 218 valence electrons. The molecule has 2 aliphatic rings. The summed E-state index contributed by atoms with van der Waals surface area (Å²) < 4.78 is 34.3. The molecule has 2 fully saturated rings. The second-order valence-corrected chi connectivity index (χ2v) is 9.52. The van der Waals surface area contributed by atoms with Crippen LogP contribution in [-0.2, 0) is 9.59 Å². The Hall–Kier alpha value is -3.84. The van der Waals surface area contributed by atoms with Gasteiger partial charge in [0.25, 0.3) is 0 Å². The van der Waals surface area contributed by atoms with Crippen molar-refractivity contribution in [3.05, 3.63) is 42.1 Å². The summed E-state index contributed by atoms with van der Waals surface area (Å²) in [5, 5.41) is 23.3. The fourth-order valence-corrected chi connectivity index (χ4v) is 4.06. The van der Waals surface area contributed by atoms with Gasteiger partial charge in [0, 0.05) is 37.5 Å². The predicted octanol–water partition coefficient (Wildman–Crippen LogP) is 3.90. The number of benzene rings is 1. The average Bonchev–Trinajstić information content (AvgIpc) is 3.63. The summed E-state index contributed by atoms with van der Waals surface area (Å²) in [5.74, 6) is -4.58. The van der Waals surface area contributed by atoms with Crippen LogP contribution in [0.4, 0.5) is 25.1 Å². The second kappa shape index (κ2) is 13.5. The number of urea groups is 1. The molecule has 13 heteroatoms. The maximum absolute atomic E-state index is 14.5. The van der Waals surface area contributed by atoms with E-state index < -0.39 is 52.5 Å². The van der Waals surface area contributed by atoms with Crippen LogP contribution in [0.3, 0.4) is 0 Å². The molecule has 4 N–H and O–H groups in total. The van der Waals surface area contributed by atoms with Gasteiger partial charge in [-0.15, -0.1) is 0 Å². The molecule has 40 heavy (non-hydrogen) atoms. The molecule has 11 nitrogen and oxygen atoms in total. The van der Waals surface area contributed by atoms with E-state index in [9.17, 15) is 28.3 Å². The molecule has 1 aliphatic heterocycles. The van der Waals surface area contributed by atoms with Crippen LogP contribution in [0.5, 0.6) is 11.5 Å². The summed E-state index contributed by atoms with van der Waals surface area (Å²) >= 11 is 0. The van der Waals surface area contributed by atoms with Gasteiger partial charge in [0.2, 0.25) is 5.91 Å². The summed E-state index contributed by atoms with van der Waals surface area (Å²) in [6, 6.07) is 3.62. The van der Waals surface area contributed by atoms with Crippen LogP contribution in [0.15, 0.2) is 30.5 Å². The lowest BCUT2D eigenvalue weighted by molar-refractivity contribution is -0.147. The van der Waals surface area contributed by atoms with Crippen molar-refractivity contribution in [2.45, 2.75) is 46.1 Å². The van der Waals surface area contributed by atoms with E-state index in [1.807, 2.05) is 0 Å².